The van der Waals surface area contributed by atoms with Crippen molar-refractivity contribution in [2.75, 3.05) is 13.2 Å². The van der Waals surface area contributed by atoms with Crippen LogP contribution in [0, 0.1) is 11.3 Å². The minimum Gasteiger partial charge on any atom is -0.463 e. The third-order valence-electron chi connectivity index (χ3n) is 9.64. The Kier molecular flexibility index (Phi) is 20.5. The van der Waals surface area contributed by atoms with Crippen LogP contribution in [0.4, 0.5) is 0 Å². The Morgan fingerprint density at radius 2 is 1.14 bits per heavy atom. The minimum absolute atomic E-state index is 0.206. The summed E-state index contributed by atoms with van der Waals surface area (Å²) < 4.78 is 27.8. The maximum absolute atomic E-state index is 12.4. The van der Waals surface area contributed by atoms with Gasteiger partial charge < -0.3 is 54.3 Å². The van der Waals surface area contributed by atoms with Crippen LogP contribution < -0.4 is 0 Å². The number of nitrogens with zero attached hydrogens (tertiary/aromatic N) is 1. The molecule has 2 saturated heterocycles. The van der Waals surface area contributed by atoms with E-state index in [1.807, 2.05) is 6.07 Å². The SMILES string of the molecule is CCCCCCCCCCCCCCCCCC(=O)OC[C@H]1O[C@@H](OC[C@H]2O[C@@H](OC(C#N)c3ccccc3)[C@H](O)[C@@H](O)[C@@H]2O)[C@H](O)[C@@H](O)[C@@H]1O. The largest absolute Gasteiger partial charge is 0.463 e. The molecule has 6 N–H and O–H groups in total. The summed E-state index contributed by atoms with van der Waals surface area (Å²) in [5, 5.41) is 72.5. The molecule has 2 aliphatic rings. The number of hydrogen-bond acceptors (Lipinski definition) is 13. The van der Waals surface area contributed by atoms with Crippen molar-refractivity contribution in [3.63, 3.8) is 0 Å². The van der Waals surface area contributed by atoms with Crippen molar-refractivity contribution >= 4 is 5.97 Å². The number of benzene rings is 1. The molecule has 3 rings (SSSR count). The molecule has 11 atom stereocenters. The van der Waals surface area contributed by atoms with Gasteiger partial charge in [-0.2, -0.15) is 5.26 Å². The van der Waals surface area contributed by atoms with Gasteiger partial charge in [-0.25, -0.2) is 0 Å². The highest BCUT2D eigenvalue weighted by Gasteiger charge is 2.48. The van der Waals surface area contributed by atoms with Crippen molar-refractivity contribution in [2.45, 2.75) is 177 Å². The Bertz CT molecular complexity index is 1120. The zero-order valence-electron chi connectivity index (χ0n) is 30.0. The molecule has 0 spiro atoms. The maximum atomic E-state index is 12.4. The third kappa shape index (κ3) is 14.6. The molecule has 290 valence electrons. The first-order valence-corrected chi connectivity index (χ1v) is 18.9. The quantitative estimate of drug-likeness (QED) is 0.0665. The van der Waals surface area contributed by atoms with Crippen molar-refractivity contribution in [2.24, 2.45) is 0 Å². The van der Waals surface area contributed by atoms with Crippen LogP contribution in [0.1, 0.15) is 121 Å². The lowest BCUT2D eigenvalue weighted by atomic mass is 9.98. The first-order chi connectivity index (χ1) is 24.7. The molecule has 2 aliphatic heterocycles. The van der Waals surface area contributed by atoms with Crippen LogP contribution >= 0.6 is 0 Å². The van der Waals surface area contributed by atoms with Crippen molar-refractivity contribution in [3.05, 3.63) is 35.9 Å². The molecule has 51 heavy (non-hydrogen) atoms. The Hall–Kier alpha value is -2.22. The molecule has 13 nitrogen and oxygen atoms in total. The number of unbranched alkanes of at least 4 members (excludes halogenated alkanes) is 14. The highest BCUT2D eigenvalue weighted by atomic mass is 16.7. The molecule has 1 aromatic carbocycles. The molecule has 0 amide bonds. The Balaban J connectivity index is 1.34. The van der Waals surface area contributed by atoms with Crippen molar-refractivity contribution in [3.8, 4) is 6.07 Å². The average Bonchev–Trinajstić information content (AvgIpc) is 3.14. The van der Waals surface area contributed by atoms with Crippen molar-refractivity contribution in [1.82, 2.24) is 0 Å². The van der Waals surface area contributed by atoms with Crippen LogP contribution in [-0.4, -0.2) is 111 Å². The standard InChI is InChI=1S/C38H61NO12/c1-2-3-4-5-6-7-8-9-10-11-12-13-14-15-19-22-30(40)47-24-28-31(41)33(43)35(45)37(50-28)48-25-29-32(42)34(44)36(46)38(51-29)49-27(23-39)26-20-17-16-18-21-26/h16-18,20-21,27-29,31-38,41-46H,2-15,19,22,24-25H2,1H3/t27?,28-,29-,31-,32-,33+,34+,35-,36-,37-,38-/m1/s1. The smallest absolute Gasteiger partial charge is 0.305 e. The number of carbonyl (C=O) groups is 1. The van der Waals surface area contributed by atoms with Gasteiger partial charge in [0.05, 0.1) is 12.7 Å². The fourth-order valence-electron chi connectivity index (χ4n) is 6.38. The van der Waals surface area contributed by atoms with Gasteiger partial charge in [-0.3, -0.25) is 4.79 Å². The Morgan fingerprint density at radius 1 is 0.667 bits per heavy atom. The normalized spacial score (nSPS) is 30.1. The zero-order valence-corrected chi connectivity index (χ0v) is 30.0. The maximum Gasteiger partial charge on any atom is 0.305 e. The molecular weight excluding hydrogens is 662 g/mol. The van der Waals surface area contributed by atoms with Crippen LogP contribution in [0.5, 0.6) is 0 Å². The number of carbonyl (C=O) groups excluding carboxylic acids is 1. The molecule has 0 radical (unpaired) electrons. The molecule has 0 aromatic heterocycles. The van der Waals surface area contributed by atoms with Gasteiger partial charge in [0.25, 0.3) is 0 Å². The van der Waals surface area contributed by atoms with E-state index in [4.69, 9.17) is 23.7 Å². The molecule has 1 unspecified atom stereocenters. The van der Waals surface area contributed by atoms with Crippen LogP contribution in [0.25, 0.3) is 0 Å². The molecule has 13 heteroatoms. The third-order valence-corrected chi connectivity index (χ3v) is 9.64. The van der Waals surface area contributed by atoms with E-state index in [1.165, 1.54) is 70.6 Å². The van der Waals surface area contributed by atoms with E-state index >= 15 is 0 Å². The first kappa shape index (κ1) is 43.2. The van der Waals surface area contributed by atoms with Crippen LogP contribution in [0.3, 0.4) is 0 Å². The Morgan fingerprint density at radius 3 is 1.67 bits per heavy atom. The number of rotatable bonds is 24. The second-order valence-corrected chi connectivity index (χ2v) is 13.8. The number of esters is 1. The second-order valence-electron chi connectivity index (χ2n) is 13.8. The predicted molar refractivity (Wildman–Crippen MR) is 186 cm³/mol. The predicted octanol–water partition coefficient (Wildman–Crippen LogP) is 3.70. The summed E-state index contributed by atoms with van der Waals surface area (Å²) in [5.74, 6) is -0.470. The molecule has 2 fully saturated rings. The molecule has 0 bridgehead atoms. The highest BCUT2D eigenvalue weighted by Crippen LogP contribution is 2.29. The number of nitriles is 1. The fourth-order valence-corrected chi connectivity index (χ4v) is 6.38. The lowest BCUT2D eigenvalue weighted by Gasteiger charge is -2.43. The zero-order chi connectivity index (χ0) is 37.0. The first-order valence-electron chi connectivity index (χ1n) is 18.9. The van der Waals surface area contributed by atoms with Gasteiger partial charge in [0.1, 0.15) is 55.4 Å². The minimum atomic E-state index is -1.73. The van der Waals surface area contributed by atoms with Crippen LogP contribution in [0.15, 0.2) is 30.3 Å². The van der Waals surface area contributed by atoms with E-state index in [0.717, 1.165) is 19.3 Å². The van der Waals surface area contributed by atoms with Crippen molar-refractivity contribution < 1.29 is 59.1 Å². The summed E-state index contributed by atoms with van der Waals surface area (Å²) in [6.07, 6.45) is 1.62. The molecule has 2 heterocycles. The summed E-state index contributed by atoms with van der Waals surface area (Å²) in [6.45, 7) is 1.34. The van der Waals surface area contributed by atoms with Gasteiger partial charge in [0, 0.05) is 6.42 Å². The van der Waals surface area contributed by atoms with Gasteiger partial charge in [-0.05, 0) is 12.0 Å². The lowest BCUT2D eigenvalue weighted by molar-refractivity contribution is -0.334. The summed E-state index contributed by atoms with van der Waals surface area (Å²) >= 11 is 0. The van der Waals surface area contributed by atoms with Crippen LogP contribution in [0.2, 0.25) is 0 Å². The van der Waals surface area contributed by atoms with E-state index < -0.39 is 80.1 Å². The topological polar surface area (TPSA) is 208 Å². The summed E-state index contributed by atoms with van der Waals surface area (Å²) in [7, 11) is 0. The van der Waals surface area contributed by atoms with Crippen molar-refractivity contribution in [1.29, 1.82) is 5.26 Å². The number of aliphatic hydroxyl groups excluding tert-OH is 6. The number of aliphatic hydroxyl groups is 6. The van der Waals surface area contributed by atoms with Gasteiger partial charge in [-0.1, -0.05) is 127 Å². The van der Waals surface area contributed by atoms with Gasteiger partial charge in [0.2, 0.25) is 0 Å². The van der Waals surface area contributed by atoms with E-state index in [0.29, 0.717) is 12.0 Å². The molecule has 0 saturated carbocycles. The van der Waals surface area contributed by atoms with Crippen LogP contribution in [-0.2, 0) is 28.5 Å². The van der Waals surface area contributed by atoms with Gasteiger partial charge in [0.15, 0.2) is 18.7 Å². The second kappa shape index (κ2) is 24.2. The highest BCUT2D eigenvalue weighted by molar-refractivity contribution is 5.69. The summed E-state index contributed by atoms with van der Waals surface area (Å²) in [6, 6.07) is 10.4. The number of ether oxygens (including phenoxy) is 5. The van der Waals surface area contributed by atoms with E-state index in [-0.39, 0.29) is 13.0 Å². The summed E-state index contributed by atoms with van der Waals surface area (Å²) in [5.41, 5.74) is 0.483. The fraction of sp³-hybridized carbons (Fsp3) is 0.789. The number of hydrogen-bond donors (Lipinski definition) is 6. The van der Waals surface area contributed by atoms with E-state index in [1.54, 1.807) is 30.3 Å². The molecule has 1 aromatic rings. The molecule has 0 aliphatic carbocycles. The van der Waals surface area contributed by atoms with Gasteiger partial charge in [-0.15, -0.1) is 0 Å². The van der Waals surface area contributed by atoms with Gasteiger partial charge >= 0.3 is 5.97 Å². The average molecular weight is 724 g/mol. The Labute approximate surface area is 302 Å². The van der Waals surface area contributed by atoms with E-state index in [2.05, 4.69) is 6.92 Å². The monoisotopic (exact) mass is 723 g/mol. The molecular formula is C38H61NO12. The van der Waals surface area contributed by atoms with E-state index in [9.17, 15) is 40.7 Å². The summed E-state index contributed by atoms with van der Waals surface area (Å²) in [4.78, 5) is 12.4. The lowest BCUT2D eigenvalue weighted by Crippen LogP contribution is -2.62.